The molecular weight excluding hydrogens is 252 g/mol. The number of fused-ring (bicyclic) bond motifs is 1. The Morgan fingerprint density at radius 3 is 2.90 bits per heavy atom. The van der Waals surface area contributed by atoms with E-state index in [2.05, 4.69) is 22.9 Å². The smallest absolute Gasteiger partial charge is 0.337 e. The standard InChI is InChI=1S/C16H16N2O2/c1-11-8-12-4-2-3-5-14(12)18(10-11)15-9-17-7-6-13(15)16(19)20/h2-7,9,11H,8,10H2,1H3,(H,19,20). The highest BCUT2D eigenvalue weighted by Crippen LogP contribution is 2.36. The van der Waals surface area contributed by atoms with Crippen LogP contribution >= 0.6 is 0 Å². The minimum absolute atomic E-state index is 0.295. The first-order valence-corrected chi connectivity index (χ1v) is 6.69. The van der Waals surface area contributed by atoms with Crippen molar-refractivity contribution in [2.45, 2.75) is 13.3 Å². The van der Waals surface area contributed by atoms with Crippen molar-refractivity contribution in [3.63, 3.8) is 0 Å². The molecule has 0 fully saturated rings. The summed E-state index contributed by atoms with van der Waals surface area (Å²) in [4.78, 5) is 17.6. The number of aromatic nitrogens is 1. The second kappa shape index (κ2) is 4.96. The molecule has 0 amide bonds. The fourth-order valence-electron chi connectivity index (χ4n) is 2.81. The second-order valence-electron chi connectivity index (χ2n) is 5.25. The average molecular weight is 268 g/mol. The van der Waals surface area contributed by atoms with Crippen LogP contribution in [0, 0.1) is 5.92 Å². The predicted molar refractivity (Wildman–Crippen MR) is 77.5 cm³/mol. The highest BCUT2D eigenvalue weighted by atomic mass is 16.4. The molecule has 2 aromatic rings. The van der Waals surface area contributed by atoms with Gasteiger partial charge in [-0.05, 0) is 30.0 Å². The van der Waals surface area contributed by atoms with Gasteiger partial charge >= 0.3 is 5.97 Å². The van der Waals surface area contributed by atoms with Crippen LogP contribution in [0.25, 0.3) is 0 Å². The zero-order valence-corrected chi connectivity index (χ0v) is 11.3. The van der Waals surface area contributed by atoms with Crippen LogP contribution < -0.4 is 4.90 Å². The van der Waals surface area contributed by atoms with Crippen LogP contribution in [0.1, 0.15) is 22.8 Å². The molecule has 20 heavy (non-hydrogen) atoms. The monoisotopic (exact) mass is 268 g/mol. The van der Waals surface area contributed by atoms with Gasteiger partial charge in [0.15, 0.2) is 0 Å². The highest BCUT2D eigenvalue weighted by Gasteiger charge is 2.25. The molecule has 0 aliphatic carbocycles. The molecule has 1 aliphatic heterocycles. The number of benzene rings is 1. The number of aromatic carboxylic acids is 1. The Morgan fingerprint density at radius 2 is 2.10 bits per heavy atom. The number of carboxylic acid groups (broad SMARTS) is 1. The number of anilines is 2. The number of para-hydroxylation sites is 1. The first-order chi connectivity index (χ1) is 9.66. The average Bonchev–Trinajstić information content (AvgIpc) is 2.46. The number of hydrogen-bond donors (Lipinski definition) is 1. The summed E-state index contributed by atoms with van der Waals surface area (Å²) in [7, 11) is 0. The van der Waals surface area contributed by atoms with E-state index >= 15 is 0 Å². The van der Waals surface area contributed by atoms with E-state index in [1.807, 2.05) is 18.2 Å². The second-order valence-corrected chi connectivity index (χ2v) is 5.25. The van der Waals surface area contributed by atoms with Gasteiger partial charge in [-0.2, -0.15) is 0 Å². The zero-order chi connectivity index (χ0) is 14.1. The summed E-state index contributed by atoms with van der Waals surface area (Å²) in [6, 6.07) is 9.71. The van der Waals surface area contributed by atoms with E-state index in [1.165, 1.54) is 11.8 Å². The topological polar surface area (TPSA) is 53.4 Å². The van der Waals surface area contributed by atoms with Gasteiger partial charge in [-0.15, -0.1) is 0 Å². The van der Waals surface area contributed by atoms with E-state index < -0.39 is 5.97 Å². The molecule has 102 valence electrons. The molecule has 1 N–H and O–H groups in total. The van der Waals surface area contributed by atoms with Gasteiger partial charge in [0.1, 0.15) is 0 Å². The summed E-state index contributed by atoms with van der Waals surface area (Å²) in [6.07, 6.45) is 4.18. The minimum Gasteiger partial charge on any atom is -0.478 e. The highest BCUT2D eigenvalue weighted by molar-refractivity contribution is 5.95. The van der Waals surface area contributed by atoms with Gasteiger partial charge in [0.25, 0.3) is 0 Å². The molecule has 1 aliphatic rings. The van der Waals surface area contributed by atoms with Gasteiger partial charge in [-0.3, -0.25) is 4.98 Å². The van der Waals surface area contributed by atoms with Crippen LogP contribution in [-0.2, 0) is 6.42 Å². The Balaban J connectivity index is 2.13. The summed E-state index contributed by atoms with van der Waals surface area (Å²) >= 11 is 0. The number of pyridine rings is 1. The van der Waals surface area contributed by atoms with Crippen molar-refractivity contribution < 1.29 is 9.90 Å². The lowest BCUT2D eigenvalue weighted by Gasteiger charge is -2.35. The molecule has 1 unspecified atom stereocenters. The Bertz CT molecular complexity index is 654. The summed E-state index contributed by atoms with van der Waals surface area (Å²) in [5.41, 5.74) is 3.30. The molecule has 0 spiro atoms. The third-order valence-electron chi connectivity index (χ3n) is 3.67. The number of hydrogen-bond acceptors (Lipinski definition) is 3. The molecule has 3 rings (SSSR count). The number of nitrogens with zero attached hydrogens (tertiary/aromatic N) is 2. The van der Waals surface area contributed by atoms with Crippen LogP contribution in [0.5, 0.6) is 0 Å². The van der Waals surface area contributed by atoms with Crippen molar-refractivity contribution in [1.29, 1.82) is 0 Å². The van der Waals surface area contributed by atoms with Crippen LogP contribution in [0.4, 0.5) is 11.4 Å². The fraction of sp³-hybridized carbons (Fsp3) is 0.250. The van der Waals surface area contributed by atoms with Gasteiger partial charge in [-0.25, -0.2) is 4.79 Å². The lowest BCUT2D eigenvalue weighted by atomic mass is 9.93. The van der Waals surface area contributed by atoms with E-state index in [4.69, 9.17) is 0 Å². The third-order valence-corrected chi connectivity index (χ3v) is 3.67. The molecule has 1 aromatic heterocycles. The molecule has 1 aromatic carbocycles. The number of rotatable bonds is 2. The molecule has 0 saturated heterocycles. The lowest BCUT2D eigenvalue weighted by Crippen LogP contribution is -2.31. The van der Waals surface area contributed by atoms with Crippen molar-refractivity contribution in [1.82, 2.24) is 4.98 Å². The van der Waals surface area contributed by atoms with E-state index in [0.29, 0.717) is 17.2 Å². The number of carboxylic acids is 1. The molecule has 0 saturated carbocycles. The van der Waals surface area contributed by atoms with Gasteiger partial charge in [0.2, 0.25) is 0 Å². The van der Waals surface area contributed by atoms with Crippen LogP contribution in [0.15, 0.2) is 42.7 Å². The third kappa shape index (κ3) is 2.13. The van der Waals surface area contributed by atoms with Crippen LogP contribution in [-0.4, -0.2) is 22.6 Å². The summed E-state index contributed by atoms with van der Waals surface area (Å²) in [5, 5.41) is 9.36. The van der Waals surface area contributed by atoms with Crippen molar-refractivity contribution in [2.75, 3.05) is 11.4 Å². The van der Waals surface area contributed by atoms with Crippen LogP contribution in [0.2, 0.25) is 0 Å². The lowest BCUT2D eigenvalue weighted by molar-refractivity contribution is 0.0697. The normalized spacial score (nSPS) is 17.6. The summed E-state index contributed by atoms with van der Waals surface area (Å²) in [6.45, 7) is 2.99. The van der Waals surface area contributed by atoms with E-state index in [0.717, 1.165) is 18.7 Å². The zero-order valence-electron chi connectivity index (χ0n) is 11.3. The molecule has 2 heterocycles. The van der Waals surface area contributed by atoms with Crippen LogP contribution in [0.3, 0.4) is 0 Å². The van der Waals surface area contributed by atoms with Gasteiger partial charge in [0, 0.05) is 18.4 Å². The van der Waals surface area contributed by atoms with Gasteiger partial charge in [0.05, 0.1) is 17.4 Å². The Labute approximate surface area is 117 Å². The largest absolute Gasteiger partial charge is 0.478 e. The van der Waals surface area contributed by atoms with E-state index in [1.54, 1.807) is 12.3 Å². The fourth-order valence-corrected chi connectivity index (χ4v) is 2.81. The van der Waals surface area contributed by atoms with Gasteiger partial charge < -0.3 is 10.0 Å². The SMILES string of the molecule is CC1Cc2ccccc2N(c2cnccc2C(=O)O)C1. The molecule has 1 atom stereocenters. The number of carbonyl (C=O) groups is 1. The minimum atomic E-state index is -0.918. The summed E-state index contributed by atoms with van der Waals surface area (Å²) < 4.78 is 0. The Kier molecular flexibility index (Phi) is 3.14. The molecular formula is C16H16N2O2. The van der Waals surface area contributed by atoms with Gasteiger partial charge in [-0.1, -0.05) is 25.1 Å². The first kappa shape index (κ1) is 12.7. The van der Waals surface area contributed by atoms with Crippen molar-refractivity contribution in [3.8, 4) is 0 Å². The van der Waals surface area contributed by atoms with Crippen molar-refractivity contribution in [2.24, 2.45) is 5.92 Å². The van der Waals surface area contributed by atoms with Crippen molar-refractivity contribution >= 4 is 17.3 Å². The first-order valence-electron chi connectivity index (χ1n) is 6.69. The molecule has 4 heteroatoms. The molecule has 4 nitrogen and oxygen atoms in total. The molecule has 0 bridgehead atoms. The maximum Gasteiger partial charge on any atom is 0.337 e. The maximum atomic E-state index is 11.4. The van der Waals surface area contributed by atoms with E-state index in [-0.39, 0.29) is 0 Å². The molecule has 0 radical (unpaired) electrons. The quantitative estimate of drug-likeness (QED) is 0.909. The maximum absolute atomic E-state index is 11.4. The van der Waals surface area contributed by atoms with E-state index in [9.17, 15) is 9.90 Å². The Hall–Kier alpha value is -2.36. The summed E-state index contributed by atoms with van der Waals surface area (Å²) in [5.74, 6) is -0.440. The van der Waals surface area contributed by atoms with Crippen molar-refractivity contribution in [3.05, 3.63) is 53.9 Å². The Morgan fingerprint density at radius 1 is 1.30 bits per heavy atom. The predicted octanol–water partition coefficient (Wildman–Crippen LogP) is 3.11.